The Kier molecular flexibility index (Phi) is 3.05. The molecule has 1 atom stereocenters. The normalized spacial score (nSPS) is 21.6. The van der Waals surface area contributed by atoms with Gasteiger partial charge in [0.1, 0.15) is 0 Å². The molecule has 0 amide bonds. The number of halogens is 3. The third kappa shape index (κ3) is 1.95. The Morgan fingerprint density at radius 3 is 2.75 bits per heavy atom. The van der Waals surface area contributed by atoms with E-state index in [0.717, 1.165) is 6.92 Å². The van der Waals surface area contributed by atoms with Crippen molar-refractivity contribution in [2.45, 2.75) is 19.0 Å². The van der Waals surface area contributed by atoms with Crippen LogP contribution in [0.1, 0.15) is 6.92 Å². The minimum absolute atomic E-state index is 0.0906. The zero-order valence-corrected chi connectivity index (χ0v) is 8.50. The highest BCUT2D eigenvalue weighted by atomic mass is 127. The highest BCUT2D eigenvalue weighted by molar-refractivity contribution is 14.2. The van der Waals surface area contributed by atoms with E-state index in [-0.39, 0.29) is 5.71 Å². The summed E-state index contributed by atoms with van der Waals surface area (Å²) in [5.41, 5.74) is -2.00. The average molecular weight is 287 g/mol. The molecule has 0 fully saturated rings. The van der Waals surface area contributed by atoms with Crippen LogP contribution in [0.2, 0.25) is 0 Å². The number of hydrogen-bond acceptors (Lipinski definition) is 2. The SMILES string of the molecule is CC(O)(C1=NI=CC=C1)C(F)F. The summed E-state index contributed by atoms with van der Waals surface area (Å²) in [6.07, 6.45) is 0.296. The van der Waals surface area contributed by atoms with Gasteiger partial charge in [-0.05, 0) is 17.0 Å². The summed E-state index contributed by atoms with van der Waals surface area (Å²) < 4.78 is 30.2. The molecule has 0 aromatic carbocycles. The lowest BCUT2D eigenvalue weighted by molar-refractivity contribution is -0.0336. The van der Waals surface area contributed by atoms with Gasteiger partial charge >= 0.3 is 0 Å². The lowest BCUT2D eigenvalue weighted by Crippen LogP contribution is -2.41. The van der Waals surface area contributed by atoms with E-state index in [9.17, 15) is 13.9 Å². The summed E-state index contributed by atoms with van der Waals surface area (Å²) >= 11 is -0.534. The van der Waals surface area contributed by atoms with E-state index in [1.54, 1.807) is 6.08 Å². The fourth-order valence-electron chi connectivity index (χ4n) is 0.635. The van der Waals surface area contributed by atoms with Crippen molar-refractivity contribution in [2.75, 3.05) is 0 Å². The second-order valence-corrected chi connectivity index (χ2v) is 4.26. The van der Waals surface area contributed by atoms with Crippen molar-refractivity contribution >= 4 is 30.7 Å². The molecule has 1 rings (SSSR count). The standard InChI is InChI=1S/C7H8F2INO/c1-7(12,6(8)9)5-3-2-4-10-11-5/h2-4,6,12H,1H3. The summed E-state index contributed by atoms with van der Waals surface area (Å²) in [4.78, 5) is 0. The second kappa shape index (κ2) is 3.69. The maximum atomic E-state index is 12.2. The molecule has 0 aliphatic carbocycles. The molecule has 0 aromatic heterocycles. The van der Waals surface area contributed by atoms with Gasteiger partial charge in [-0.15, -0.1) is 0 Å². The predicted octanol–water partition coefficient (Wildman–Crippen LogP) is 1.70. The summed E-state index contributed by atoms with van der Waals surface area (Å²) in [5, 5.41) is 9.29. The van der Waals surface area contributed by atoms with Crippen LogP contribution in [0, 0.1) is 0 Å². The summed E-state index contributed by atoms with van der Waals surface area (Å²) in [7, 11) is 0. The van der Waals surface area contributed by atoms with Gasteiger partial charge in [-0.1, -0.05) is 6.08 Å². The van der Waals surface area contributed by atoms with E-state index >= 15 is 0 Å². The Balaban J connectivity index is 2.89. The average Bonchev–Trinajstić information content (AvgIpc) is 2.06. The molecule has 12 heavy (non-hydrogen) atoms. The molecule has 0 saturated heterocycles. The van der Waals surface area contributed by atoms with Gasteiger partial charge < -0.3 is 5.11 Å². The Hall–Kier alpha value is -0.170. The quantitative estimate of drug-likeness (QED) is 0.770. The third-order valence-electron chi connectivity index (χ3n) is 1.47. The minimum Gasteiger partial charge on any atom is -0.378 e. The van der Waals surface area contributed by atoms with Crippen molar-refractivity contribution < 1.29 is 13.9 Å². The molecule has 1 aliphatic rings. The van der Waals surface area contributed by atoms with Crippen LogP contribution in [-0.2, 0) is 0 Å². The molecule has 2 nitrogen and oxygen atoms in total. The molecule has 1 unspecified atom stereocenters. The van der Waals surface area contributed by atoms with Gasteiger partial charge in [0.2, 0.25) is 0 Å². The van der Waals surface area contributed by atoms with Crippen LogP contribution in [0.15, 0.2) is 15.4 Å². The molecule has 1 aliphatic heterocycles. The molecule has 0 bridgehead atoms. The summed E-state index contributed by atoms with van der Waals surface area (Å²) in [5.74, 6) is 0. The third-order valence-corrected chi connectivity index (χ3v) is 3.00. The Bertz CT molecular complexity index is 258. The van der Waals surface area contributed by atoms with Crippen LogP contribution in [0.25, 0.3) is 0 Å². The second-order valence-electron chi connectivity index (χ2n) is 2.50. The number of alkyl halides is 2. The molecule has 0 radical (unpaired) electrons. The van der Waals surface area contributed by atoms with Crippen molar-refractivity contribution in [1.82, 2.24) is 0 Å². The van der Waals surface area contributed by atoms with Gasteiger partial charge in [0, 0.05) is 21.0 Å². The highest BCUT2D eigenvalue weighted by Crippen LogP contribution is 2.21. The molecule has 0 aromatic rings. The van der Waals surface area contributed by atoms with Gasteiger partial charge in [0.15, 0.2) is 5.60 Å². The topological polar surface area (TPSA) is 32.6 Å². The Morgan fingerprint density at radius 1 is 1.67 bits per heavy atom. The van der Waals surface area contributed by atoms with Crippen molar-refractivity contribution in [1.29, 1.82) is 0 Å². The van der Waals surface area contributed by atoms with Gasteiger partial charge in [-0.25, -0.2) is 12.0 Å². The summed E-state index contributed by atoms with van der Waals surface area (Å²) in [6, 6.07) is 0. The zero-order chi connectivity index (χ0) is 9.19. The van der Waals surface area contributed by atoms with Gasteiger partial charge in [-0.2, -0.15) is 0 Å². The zero-order valence-electron chi connectivity index (χ0n) is 6.34. The van der Waals surface area contributed by atoms with Crippen molar-refractivity contribution in [3.63, 3.8) is 0 Å². The lowest BCUT2D eigenvalue weighted by Gasteiger charge is -2.22. The van der Waals surface area contributed by atoms with Gasteiger partial charge in [0.05, 0.1) is 5.71 Å². The van der Waals surface area contributed by atoms with Gasteiger partial charge in [-0.3, -0.25) is 0 Å². The van der Waals surface area contributed by atoms with E-state index < -0.39 is 33.0 Å². The van der Waals surface area contributed by atoms with Crippen molar-refractivity contribution in [3.8, 4) is 0 Å². The lowest BCUT2D eigenvalue weighted by atomic mass is 10.0. The van der Waals surface area contributed by atoms with Gasteiger partial charge in [0.25, 0.3) is 6.43 Å². The van der Waals surface area contributed by atoms with Crippen LogP contribution >= 0.6 is 21.0 Å². The van der Waals surface area contributed by atoms with E-state index in [1.165, 1.54) is 6.08 Å². The molecule has 1 N–H and O–H groups in total. The number of aliphatic hydroxyl groups is 1. The number of rotatable bonds is 2. The van der Waals surface area contributed by atoms with Crippen LogP contribution in [0.3, 0.4) is 0 Å². The predicted molar refractivity (Wildman–Crippen MR) is 53.3 cm³/mol. The van der Waals surface area contributed by atoms with E-state index in [1.807, 2.05) is 4.01 Å². The van der Waals surface area contributed by atoms with Crippen LogP contribution in [-0.4, -0.2) is 26.9 Å². The first kappa shape index (κ1) is 9.91. The first-order valence-corrected chi connectivity index (χ1v) is 5.48. The minimum atomic E-state index is -2.79. The fraction of sp³-hybridized carbons (Fsp3) is 0.429. The first-order chi connectivity index (χ1) is 5.55. The highest BCUT2D eigenvalue weighted by Gasteiger charge is 2.36. The van der Waals surface area contributed by atoms with Crippen LogP contribution in [0.5, 0.6) is 0 Å². The molecule has 5 heteroatoms. The maximum absolute atomic E-state index is 12.2. The van der Waals surface area contributed by atoms with Crippen LogP contribution in [0.4, 0.5) is 8.78 Å². The number of hydrogen-bond donors (Lipinski definition) is 1. The monoisotopic (exact) mass is 287 g/mol. The van der Waals surface area contributed by atoms with E-state index in [2.05, 4.69) is 3.21 Å². The molecular formula is C7H8F2INO. The Labute approximate surface area is 79.1 Å². The molecular weight excluding hydrogens is 279 g/mol. The summed E-state index contributed by atoms with van der Waals surface area (Å²) in [6.45, 7) is 1.08. The number of allylic oxidation sites excluding steroid dienone is 1. The first-order valence-electron chi connectivity index (χ1n) is 3.26. The molecule has 0 spiro atoms. The molecule has 1 heterocycles. The van der Waals surface area contributed by atoms with Crippen molar-refractivity contribution in [3.05, 3.63) is 12.2 Å². The van der Waals surface area contributed by atoms with Crippen molar-refractivity contribution in [2.24, 2.45) is 3.21 Å². The Morgan fingerprint density at radius 2 is 2.33 bits per heavy atom. The van der Waals surface area contributed by atoms with E-state index in [4.69, 9.17) is 0 Å². The maximum Gasteiger partial charge on any atom is 0.272 e. The van der Waals surface area contributed by atoms with E-state index in [0.29, 0.717) is 0 Å². The molecule has 68 valence electrons. The fourth-order valence-corrected chi connectivity index (χ4v) is 2.14. The van der Waals surface area contributed by atoms with Crippen LogP contribution < -0.4 is 0 Å². The molecule has 0 saturated carbocycles. The smallest absolute Gasteiger partial charge is 0.272 e. The largest absolute Gasteiger partial charge is 0.378 e. The number of nitrogens with zero attached hydrogens (tertiary/aromatic N) is 1.